The Morgan fingerprint density at radius 1 is 1.21 bits per heavy atom. The molecule has 132 valence electrons. The minimum Gasteiger partial charge on any atom is -0.381 e. The van der Waals surface area contributed by atoms with Crippen molar-refractivity contribution in [2.75, 3.05) is 26.3 Å². The second-order valence-electron chi connectivity index (χ2n) is 6.29. The highest BCUT2D eigenvalue weighted by Crippen LogP contribution is 2.19. The maximum atomic E-state index is 12.3. The predicted molar refractivity (Wildman–Crippen MR) is 92.8 cm³/mol. The number of carbonyl (C=O) groups excluding carboxylic acids is 2. The van der Waals surface area contributed by atoms with Crippen molar-refractivity contribution in [3.05, 3.63) is 35.4 Å². The fourth-order valence-electron chi connectivity index (χ4n) is 3.12. The SMILES string of the molecule is Cl.NC1(C(=O)NCC(=O)N2CCc3ccccc3C2)CCOCC1. The van der Waals surface area contributed by atoms with E-state index in [2.05, 4.69) is 11.4 Å². The standard InChI is InChI=1S/C17H23N3O3.ClH/c18-17(6-9-23-10-7-17)16(22)19-11-15(21)20-8-5-13-3-1-2-4-14(13)12-20;/h1-4H,5-12,18H2,(H,19,22);1H. The van der Waals surface area contributed by atoms with E-state index in [-0.39, 0.29) is 30.8 Å². The van der Waals surface area contributed by atoms with Gasteiger partial charge in [0, 0.05) is 26.3 Å². The molecule has 0 unspecified atom stereocenters. The average molecular weight is 354 g/mol. The molecule has 3 rings (SSSR count). The summed E-state index contributed by atoms with van der Waals surface area (Å²) < 4.78 is 5.23. The molecule has 7 heteroatoms. The lowest BCUT2D eigenvalue weighted by molar-refractivity contribution is -0.136. The van der Waals surface area contributed by atoms with Gasteiger partial charge < -0.3 is 20.7 Å². The van der Waals surface area contributed by atoms with Gasteiger partial charge in [0.15, 0.2) is 0 Å². The Labute approximate surface area is 148 Å². The number of amides is 2. The van der Waals surface area contributed by atoms with Gasteiger partial charge in [0.05, 0.1) is 12.1 Å². The fraction of sp³-hybridized carbons (Fsp3) is 0.529. The number of benzene rings is 1. The van der Waals surface area contributed by atoms with E-state index in [1.807, 2.05) is 18.2 Å². The molecular formula is C17H24ClN3O3. The van der Waals surface area contributed by atoms with Gasteiger partial charge in [0.25, 0.3) is 0 Å². The van der Waals surface area contributed by atoms with E-state index < -0.39 is 5.54 Å². The molecule has 2 amide bonds. The number of carbonyl (C=O) groups is 2. The first-order valence-electron chi connectivity index (χ1n) is 8.08. The first kappa shape index (κ1) is 18.7. The fourth-order valence-corrected chi connectivity index (χ4v) is 3.12. The Balaban J connectivity index is 0.00000208. The van der Waals surface area contributed by atoms with Crippen LogP contribution < -0.4 is 11.1 Å². The number of halogens is 1. The largest absolute Gasteiger partial charge is 0.381 e. The summed E-state index contributed by atoms with van der Waals surface area (Å²) in [6.45, 7) is 2.27. The highest BCUT2D eigenvalue weighted by Gasteiger charge is 2.36. The summed E-state index contributed by atoms with van der Waals surface area (Å²) >= 11 is 0. The normalized spacial score (nSPS) is 19.0. The molecule has 0 saturated carbocycles. The second-order valence-corrected chi connectivity index (χ2v) is 6.29. The van der Waals surface area contributed by atoms with Crippen LogP contribution in [-0.4, -0.2) is 48.6 Å². The van der Waals surface area contributed by atoms with Crippen LogP contribution in [0.2, 0.25) is 0 Å². The second kappa shape index (κ2) is 7.96. The van der Waals surface area contributed by atoms with Gasteiger partial charge in [0.1, 0.15) is 0 Å². The lowest BCUT2D eigenvalue weighted by Gasteiger charge is -2.32. The van der Waals surface area contributed by atoms with E-state index in [1.165, 1.54) is 11.1 Å². The lowest BCUT2D eigenvalue weighted by atomic mass is 9.90. The molecule has 3 N–H and O–H groups in total. The van der Waals surface area contributed by atoms with Crippen LogP contribution in [0.25, 0.3) is 0 Å². The quantitative estimate of drug-likeness (QED) is 0.834. The summed E-state index contributed by atoms with van der Waals surface area (Å²) in [5, 5.41) is 2.70. The summed E-state index contributed by atoms with van der Waals surface area (Å²) in [6.07, 6.45) is 1.84. The van der Waals surface area contributed by atoms with Crippen LogP contribution >= 0.6 is 12.4 Å². The van der Waals surface area contributed by atoms with Crippen molar-refractivity contribution in [1.82, 2.24) is 10.2 Å². The number of ether oxygens (including phenoxy) is 1. The third-order valence-corrected chi connectivity index (χ3v) is 4.72. The molecule has 2 aliphatic heterocycles. The summed E-state index contributed by atoms with van der Waals surface area (Å²) in [5.41, 5.74) is 7.68. The van der Waals surface area contributed by atoms with Gasteiger partial charge in [-0.1, -0.05) is 24.3 Å². The molecule has 24 heavy (non-hydrogen) atoms. The van der Waals surface area contributed by atoms with Gasteiger partial charge in [-0.15, -0.1) is 12.4 Å². The van der Waals surface area contributed by atoms with E-state index in [9.17, 15) is 9.59 Å². The first-order valence-corrected chi connectivity index (χ1v) is 8.08. The van der Waals surface area contributed by atoms with Crippen LogP contribution in [0.5, 0.6) is 0 Å². The van der Waals surface area contributed by atoms with Crippen molar-refractivity contribution >= 4 is 24.2 Å². The van der Waals surface area contributed by atoms with E-state index in [1.54, 1.807) is 4.90 Å². The van der Waals surface area contributed by atoms with E-state index >= 15 is 0 Å². The number of nitrogens with two attached hydrogens (primary N) is 1. The van der Waals surface area contributed by atoms with E-state index in [0.717, 1.165) is 6.42 Å². The maximum absolute atomic E-state index is 12.3. The third-order valence-electron chi connectivity index (χ3n) is 4.72. The molecule has 0 spiro atoms. The van der Waals surface area contributed by atoms with Gasteiger partial charge in [0.2, 0.25) is 11.8 Å². The van der Waals surface area contributed by atoms with Crippen molar-refractivity contribution in [3.63, 3.8) is 0 Å². The van der Waals surface area contributed by atoms with E-state index in [0.29, 0.717) is 39.1 Å². The minimum absolute atomic E-state index is 0. The Morgan fingerprint density at radius 3 is 2.58 bits per heavy atom. The number of hydrogen-bond donors (Lipinski definition) is 2. The van der Waals surface area contributed by atoms with Gasteiger partial charge in [-0.2, -0.15) is 0 Å². The molecule has 1 fully saturated rings. The first-order chi connectivity index (χ1) is 11.1. The number of nitrogens with one attached hydrogen (secondary N) is 1. The molecule has 1 aromatic rings. The molecular weight excluding hydrogens is 330 g/mol. The van der Waals surface area contributed by atoms with Gasteiger partial charge in [-0.05, 0) is 30.4 Å². The highest BCUT2D eigenvalue weighted by atomic mass is 35.5. The number of fused-ring (bicyclic) bond motifs is 1. The molecule has 0 bridgehead atoms. The van der Waals surface area contributed by atoms with Crippen LogP contribution in [0.1, 0.15) is 24.0 Å². The Bertz CT molecular complexity index is 602. The van der Waals surface area contributed by atoms with Crippen molar-refractivity contribution < 1.29 is 14.3 Å². The van der Waals surface area contributed by atoms with Crippen molar-refractivity contribution in [2.24, 2.45) is 5.73 Å². The Morgan fingerprint density at radius 2 is 1.88 bits per heavy atom. The molecule has 2 aliphatic rings. The van der Waals surface area contributed by atoms with Gasteiger partial charge in [-0.25, -0.2) is 0 Å². The topological polar surface area (TPSA) is 84.7 Å². The summed E-state index contributed by atoms with van der Waals surface area (Å²) in [5.74, 6) is -0.324. The zero-order valence-electron chi connectivity index (χ0n) is 13.6. The Hall–Kier alpha value is -1.63. The predicted octanol–water partition coefficient (Wildman–Crippen LogP) is 0.617. The molecule has 0 aromatic heterocycles. The molecule has 1 aromatic carbocycles. The molecule has 0 atom stereocenters. The molecule has 0 aliphatic carbocycles. The summed E-state index contributed by atoms with van der Waals surface area (Å²) in [4.78, 5) is 26.4. The highest BCUT2D eigenvalue weighted by molar-refractivity contribution is 5.90. The monoisotopic (exact) mass is 353 g/mol. The van der Waals surface area contributed by atoms with Crippen molar-refractivity contribution in [3.8, 4) is 0 Å². The van der Waals surface area contributed by atoms with E-state index in [4.69, 9.17) is 10.5 Å². The molecule has 2 heterocycles. The van der Waals surface area contributed by atoms with Crippen LogP contribution in [0.4, 0.5) is 0 Å². The summed E-state index contributed by atoms with van der Waals surface area (Å²) in [6, 6.07) is 8.15. The third kappa shape index (κ3) is 4.06. The minimum atomic E-state index is -0.910. The average Bonchev–Trinajstić information content (AvgIpc) is 2.59. The van der Waals surface area contributed by atoms with Crippen molar-refractivity contribution in [2.45, 2.75) is 31.3 Å². The molecule has 6 nitrogen and oxygen atoms in total. The zero-order chi connectivity index (χ0) is 16.3. The van der Waals surface area contributed by atoms with Crippen LogP contribution in [0, 0.1) is 0 Å². The van der Waals surface area contributed by atoms with Gasteiger partial charge >= 0.3 is 0 Å². The number of rotatable bonds is 3. The van der Waals surface area contributed by atoms with Crippen molar-refractivity contribution in [1.29, 1.82) is 0 Å². The Kier molecular flexibility index (Phi) is 6.21. The van der Waals surface area contributed by atoms with Crippen LogP contribution in [-0.2, 0) is 27.3 Å². The maximum Gasteiger partial charge on any atom is 0.242 e. The lowest BCUT2D eigenvalue weighted by Crippen LogP contribution is -2.58. The number of hydrogen-bond acceptors (Lipinski definition) is 4. The molecule has 1 saturated heterocycles. The van der Waals surface area contributed by atoms with Crippen LogP contribution in [0.15, 0.2) is 24.3 Å². The molecule has 0 radical (unpaired) electrons. The number of nitrogens with zero attached hydrogens (tertiary/aromatic N) is 1. The zero-order valence-corrected chi connectivity index (χ0v) is 14.4. The van der Waals surface area contributed by atoms with Crippen LogP contribution in [0.3, 0.4) is 0 Å². The summed E-state index contributed by atoms with van der Waals surface area (Å²) in [7, 11) is 0. The van der Waals surface area contributed by atoms with Gasteiger partial charge in [-0.3, -0.25) is 9.59 Å². The smallest absolute Gasteiger partial charge is 0.242 e.